The molecule has 0 spiro atoms. The average molecular weight is 247 g/mol. The van der Waals surface area contributed by atoms with Crippen LogP contribution in [0.1, 0.15) is 22.6 Å². The SMILES string of the molecule is CNCCc1c(C)nn(Cc2ccn(C)n2)c1C. The number of nitrogens with zero attached hydrogens (tertiary/aromatic N) is 4. The Hall–Kier alpha value is -1.62. The molecular formula is C13H21N5. The minimum Gasteiger partial charge on any atom is -0.319 e. The maximum Gasteiger partial charge on any atom is 0.0853 e. The predicted molar refractivity (Wildman–Crippen MR) is 71.6 cm³/mol. The van der Waals surface area contributed by atoms with Crippen LogP contribution >= 0.6 is 0 Å². The molecule has 18 heavy (non-hydrogen) atoms. The van der Waals surface area contributed by atoms with E-state index in [4.69, 9.17) is 0 Å². The molecule has 0 radical (unpaired) electrons. The van der Waals surface area contributed by atoms with Gasteiger partial charge in [0.1, 0.15) is 0 Å². The van der Waals surface area contributed by atoms with Gasteiger partial charge in [0.25, 0.3) is 0 Å². The van der Waals surface area contributed by atoms with Crippen molar-refractivity contribution in [3.05, 3.63) is 34.9 Å². The van der Waals surface area contributed by atoms with Crippen LogP contribution in [0.3, 0.4) is 0 Å². The maximum atomic E-state index is 4.61. The van der Waals surface area contributed by atoms with Crippen molar-refractivity contribution >= 4 is 0 Å². The Balaban J connectivity index is 2.18. The van der Waals surface area contributed by atoms with Gasteiger partial charge in [-0.1, -0.05) is 0 Å². The Morgan fingerprint density at radius 1 is 1.28 bits per heavy atom. The highest BCUT2D eigenvalue weighted by Gasteiger charge is 2.11. The van der Waals surface area contributed by atoms with Crippen LogP contribution < -0.4 is 5.32 Å². The zero-order valence-corrected chi connectivity index (χ0v) is 11.6. The highest BCUT2D eigenvalue weighted by Crippen LogP contribution is 2.14. The molecule has 2 heterocycles. The van der Waals surface area contributed by atoms with Gasteiger partial charge in [0.2, 0.25) is 0 Å². The molecule has 0 aliphatic carbocycles. The number of aryl methyl sites for hydroxylation is 2. The van der Waals surface area contributed by atoms with E-state index in [0.717, 1.165) is 30.9 Å². The first-order chi connectivity index (χ1) is 8.61. The first-order valence-corrected chi connectivity index (χ1v) is 6.28. The number of nitrogens with one attached hydrogen (secondary N) is 1. The molecule has 0 aliphatic rings. The van der Waals surface area contributed by atoms with Crippen molar-refractivity contribution in [2.45, 2.75) is 26.8 Å². The minimum absolute atomic E-state index is 0.743. The van der Waals surface area contributed by atoms with Gasteiger partial charge in [-0.2, -0.15) is 10.2 Å². The van der Waals surface area contributed by atoms with Crippen molar-refractivity contribution in [2.24, 2.45) is 7.05 Å². The fourth-order valence-corrected chi connectivity index (χ4v) is 2.20. The molecule has 0 atom stereocenters. The largest absolute Gasteiger partial charge is 0.319 e. The molecule has 1 N–H and O–H groups in total. The van der Waals surface area contributed by atoms with Crippen molar-refractivity contribution in [2.75, 3.05) is 13.6 Å². The Morgan fingerprint density at radius 3 is 2.67 bits per heavy atom. The van der Waals surface area contributed by atoms with E-state index in [0.29, 0.717) is 0 Å². The zero-order valence-electron chi connectivity index (χ0n) is 11.6. The Kier molecular flexibility index (Phi) is 3.81. The number of hydrogen-bond acceptors (Lipinski definition) is 3. The fourth-order valence-electron chi connectivity index (χ4n) is 2.20. The normalized spacial score (nSPS) is 11.1. The molecule has 0 saturated carbocycles. The first kappa shape index (κ1) is 12.8. The first-order valence-electron chi connectivity index (χ1n) is 6.28. The van der Waals surface area contributed by atoms with Crippen molar-refractivity contribution in [1.29, 1.82) is 0 Å². The second-order valence-corrected chi connectivity index (χ2v) is 4.64. The molecule has 5 heteroatoms. The molecule has 2 aromatic rings. The van der Waals surface area contributed by atoms with Crippen LogP contribution in [0.4, 0.5) is 0 Å². The van der Waals surface area contributed by atoms with Crippen molar-refractivity contribution < 1.29 is 0 Å². The Bertz CT molecular complexity index is 523. The molecule has 0 aromatic carbocycles. The summed E-state index contributed by atoms with van der Waals surface area (Å²) in [6, 6.07) is 2.03. The summed E-state index contributed by atoms with van der Waals surface area (Å²) in [5, 5.41) is 12.2. The van der Waals surface area contributed by atoms with Crippen LogP contribution in [-0.4, -0.2) is 33.2 Å². The van der Waals surface area contributed by atoms with E-state index in [9.17, 15) is 0 Å². The number of hydrogen-bond donors (Lipinski definition) is 1. The topological polar surface area (TPSA) is 47.7 Å². The molecule has 2 rings (SSSR count). The van der Waals surface area contributed by atoms with E-state index in [-0.39, 0.29) is 0 Å². The van der Waals surface area contributed by atoms with E-state index in [1.54, 1.807) is 0 Å². The van der Waals surface area contributed by atoms with Crippen LogP contribution in [-0.2, 0) is 20.0 Å². The quantitative estimate of drug-likeness (QED) is 0.859. The zero-order chi connectivity index (χ0) is 13.1. The van der Waals surface area contributed by atoms with Gasteiger partial charge in [-0.25, -0.2) is 0 Å². The van der Waals surface area contributed by atoms with E-state index < -0.39 is 0 Å². The van der Waals surface area contributed by atoms with Crippen LogP contribution in [0.15, 0.2) is 12.3 Å². The van der Waals surface area contributed by atoms with E-state index in [1.807, 2.05) is 35.7 Å². The summed E-state index contributed by atoms with van der Waals surface area (Å²) in [5.74, 6) is 0. The summed E-state index contributed by atoms with van der Waals surface area (Å²) < 4.78 is 3.87. The molecule has 0 unspecified atom stereocenters. The smallest absolute Gasteiger partial charge is 0.0853 e. The van der Waals surface area contributed by atoms with Gasteiger partial charge in [0.15, 0.2) is 0 Å². The van der Waals surface area contributed by atoms with Gasteiger partial charge in [-0.05, 0) is 45.5 Å². The third-order valence-electron chi connectivity index (χ3n) is 3.24. The van der Waals surface area contributed by atoms with Crippen molar-refractivity contribution in [1.82, 2.24) is 24.9 Å². The van der Waals surface area contributed by atoms with Crippen molar-refractivity contribution in [3.63, 3.8) is 0 Å². The van der Waals surface area contributed by atoms with Gasteiger partial charge in [-0.15, -0.1) is 0 Å². The average Bonchev–Trinajstić information content (AvgIpc) is 2.84. The third-order valence-corrected chi connectivity index (χ3v) is 3.24. The molecule has 98 valence electrons. The van der Waals surface area contributed by atoms with E-state index in [1.165, 1.54) is 11.3 Å². The predicted octanol–water partition coefficient (Wildman–Crippen LogP) is 1.04. The minimum atomic E-state index is 0.743. The highest BCUT2D eigenvalue weighted by molar-refractivity contribution is 5.25. The van der Waals surface area contributed by atoms with E-state index in [2.05, 4.69) is 29.4 Å². The van der Waals surface area contributed by atoms with Gasteiger partial charge in [0.05, 0.1) is 17.9 Å². The van der Waals surface area contributed by atoms with Crippen LogP contribution in [0.2, 0.25) is 0 Å². The van der Waals surface area contributed by atoms with Gasteiger partial charge in [-0.3, -0.25) is 9.36 Å². The molecule has 0 aliphatic heterocycles. The second kappa shape index (κ2) is 5.35. The molecule has 2 aromatic heterocycles. The van der Waals surface area contributed by atoms with Crippen LogP contribution in [0, 0.1) is 13.8 Å². The molecule has 0 fully saturated rings. The highest BCUT2D eigenvalue weighted by atomic mass is 15.3. The Morgan fingerprint density at radius 2 is 2.06 bits per heavy atom. The van der Waals surface area contributed by atoms with Crippen LogP contribution in [0.25, 0.3) is 0 Å². The summed E-state index contributed by atoms with van der Waals surface area (Å²) in [6.07, 6.45) is 2.99. The molecule has 5 nitrogen and oxygen atoms in total. The van der Waals surface area contributed by atoms with Gasteiger partial charge < -0.3 is 5.32 Å². The maximum absolute atomic E-state index is 4.61. The molecule has 0 amide bonds. The molecule has 0 saturated heterocycles. The molecular weight excluding hydrogens is 226 g/mol. The summed E-state index contributed by atoms with van der Waals surface area (Å²) in [6.45, 7) is 5.94. The summed E-state index contributed by atoms with van der Waals surface area (Å²) >= 11 is 0. The third kappa shape index (κ3) is 2.61. The summed E-state index contributed by atoms with van der Waals surface area (Å²) in [4.78, 5) is 0. The lowest BCUT2D eigenvalue weighted by atomic mass is 10.1. The number of aromatic nitrogens is 4. The molecule has 0 bridgehead atoms. The number of likely N-dealkylation sites (N-methyl/N-ethyl adjacent to an activating group) is 1. The second-order valence-electron chi connectivity index (χ2n) is 4.64. The monoisotopic (exact) mass is 247 g/mol. The Labute approximate surface area is 108 Å². The summed E-state index contributed by atoms with van der Waals surface area (Å²) in [5.41, 5.74) is 4.76. The standard InChI is InChI=1S/C13H21N5/c1-10-13(5-7-14-3)11(2)18(15-10)9-12-6-8-17(4)16-12/h6,8,14H,5,7,9H2,1-4H3. The lowest BCUT2D eigenvalue weighted by molar-refractivity contribution is 0.629. The lowest BCUT2D eigenvalue weighted by Crippen LogP contribution is -2.11. The lowest BCUT2D eigenvalue weighted by Gasteiger charge is -2.03. The summed E-state index contributed by atoms with van der Waals surface area (Å²) in [7, 11) is 3.91. The van der Waals surface area contributed by atoms with Gasteiger partial charge >= 0.3 is 0 Å². The number of rotatable bonds is 5. The van der Waals surface area contributed by atoms with Gasteiger partial charge in [0, 0.05) is 18.9 Å². The van der Waals surface area contributed by atoms with Crippen molar-refractivity contribution in [3.8, 4) is 0 Å². The fraction of sp³-hybridized carbons (Fsp3) is 0.538. The van der Waals surface area contributed by atoms with Crippen LogP contribution in [0.5, 0.6) is 0 Å². The van der Waals surface area contributed by atoms with E-state index >= 15 is 0 Å².